The van der Waals surface area contributed by atoms with Crippen LogP contribution in [-0.4, -0.2) is 22.6 Å². The van der Waals surface area contributed by atoms with E-state index in [4.69, 9.17) is 5.26 Å². The van der Waals surface area contributed by atoms with Crippen LogP contribution in [0.3, 0.4) is 0 Å². The first-order chi connectivity index (χ1) is 6.67. The van der Waals surface area contributed by atoms with Gasteiger partial charge in [0, 0.05) is 13.2 Å². The second-order valence-corrected chi connectivity index (χ2v) is 2.63. The van der Waals surface area contributed by atoms with Crippen molar-refractivity contribution in [2.75, 3.05) is 7.11 Å². The minimum absolute atomic E-state index is 0.0637. The van der Waals surface area contributed by atoms with Crippen LogP contribution in [0.25, 0.3) is 6.08 Å². The van der Waals surface area contributed by atoms with Crippen LogP contribution in [0.2, 0.25) is 0 Å². The van der Waals surface area contributed by atoms with Gasteiger partial charge in [0.15, 0.2) is 0 Å². The Morgan fingerprint density at radius 1 is 1.79 bits per heavy atom. The number of nitriles is 1. The molecule has 0 radical (unpaired) electrons. The number of methoxy groups -OCH3 is 1. The molecule has 0 bridgehead atoms. The summed E-state index contributed by atoms with van der Waals surface area (Å²) in [4.78, 5) is 15.0. The summed E-state index contributed by atoms with van der Waals surface area (Å²) in [7, 11) is 3.03. The number of carbonyl (C=O) groups excluding carboxylic acids is 1. The first-order valence-corrected chi connectivity index (χ1v) is 3.85. The van der Waals surface area contributed by atoms with Gasteiger partial charge in [-0.3, -0.25) is 0 Å². The summed E-state index contributed by atoms with van der Waals surface area (Å²) in [5.74, 6) is -0.654. The second-order valence-electron chi connectivity index (χ2n) is 2.63. The van der Waals surface area contributed by atoms with Crippen LogP contribution in [0.1, 0.15) is 5.69 Å². The number of imidazole rings is 1. The molecule has 0 spiro atoms. The normalized spacial score (nSPS) is 10.8. The molecule has 1 aromatic heterocycles. The zero-order chi connectivity index (χ0) is 10.6. The quantitative estimate of drug-likeness (QED) is 0.388. The van der Waals surface area contributed by atoms with Crippen LogP contribution in [-0.2, 0) is 16.6 Å². The lowest BCUT2D eigenvalue weighted by molar-refractivity contribution is -0.135. The van der Waals surface area contributed by atoms with E-state index in [0.717, 1.165) is 0 Å². The molecule has 1 rings (SSSR count). The van der Waals surface area contributed by atoms with Crippen molar-refractivity contribution in [1.82, 2.24) is 9.55 Å². The first kappa shape index (κ1) is 9.99. The van der Waals surface area contributed by atoms with Crippen LogP contribution in [0, 0.1) is 11.3 Å². The molecule has 0 atom stereocenters. The zero-order valence-corrected chi connectivity index (χ0v) is 7.89. The summed E-state index contributed by atoms with van der Waals surface area (Å²) in [6.45, 7) is 0. The maximum Gasteiger partial charge on any atom is 0.348 e. The van der Waals surface area contributed by atoms with Gasteiger partial charge >= 0.3 is 5.97 Å². The highest BCUT2D eigenvalue weighted by atomic mass is 16.5. The number of ether oxygens (including phenoxy) is 1. The molecule has 5 nitrogen and oxygen atoms in total. The van der Waals surface area contributed by atoms with Gasteiger partial charge in [-0.15, -0.1) is 0 Å². The summed E-state index contributed by atoms with van der Waals surface area (Å²) < 4.78 is 6.14. The average Bonchev–Trinajstić information content (AvgIpc) is 2.59. The van der Waals surface area contributed by atoms with Gasteiger partial charge in [-0.2, -0.15) is 5.26 Å². The van der Waals surface area contributed by atoms with Crippen molar-refractivity contribution in [2.24, 2.45) is 7.05 Å². The number of hydrogen-bond donors (Lipinski definition) is 0. The Morgan fingerprint density at radius 3 is 2.93 bits per heavy atom. The van der Waals surface area contributed by atoms with E-state index >= 15 is 0 Å². The van der Waals surface area contributed by atoms with E-state index in [-0.39, 0.29) is 5.57 Å². The third-order valence-corrected chi connectivity index (χ3v) is 1.54. The fourth-order valence-electron chi connectivity index (χ4n) is 0.902. The molecular formula is C9H9N3O2. The average molecular weight is 191 g/mol. The standard InChI is InChI=1S/C9H9N3O2/c1-12-5-8(11-6-12)3-7(4-10)9(13)14-2/h3,5-6H,1-2H3/b7-3-. The Bertz CT molecular complexity index is 412. The lowest BCUT2D eigenvalue weighted by Crippen LogP contribution is -2.02. The van der Waals surface area contributed by atoms with Gasteiger partial charge in [-0.1, -0.05) is 0 Å². The lowest BCUT2D eigenvalue weighted by Gasteiger charge is -1.93. The Hall–Kier alpha value is -2.09. The van der Waals surface area contributed by atoms with E-state index < -0.39 is 5.97 Å². The lowest BCUT2D eigenvalue weighted by atomic mass is 10.2. The Balaban J connectivity index is 2.96. The third kappa shape index (κ3) is 2.20. The Labute approximate surface area is 81.2 Å². The van der Waals surface area contributed by atoms with E-state index in [1.165, 1.54) is 13.2 Å². The fourth-order valence-corrected chi connectivity index (χ4v) is 0.902. The number of carbonyl (C=O) groups is 1. The minimum Gasteiger partial charge on any atom is -0.465 e. The maximum atomic E-state index is 11.0. The van der Waals surface area contributed by atoms with Crippen LogP contribution in [0.5, 0.6) is 0 Å². The number of nitrogens with zero attached hydrogens (tertiary/aromatic N) is 3. The molecule has 72 valence electrons. The second kappa shape index (κ2) is 4.23. The number of hydrogen-bond acceptors (Lipinski definition) is 4. The molecule has 1 heterocycles. The van der Waals surface area contributed by atoms with Crippen molar-refractivity contribution in [3.05, 3.63) is 23.8 Å². The van der Waals surface area contributed by atoms with E-state index in [2.05, 4.69) is 9.72 Å². The molecule has 0 fully saturated rings. The summed E-state index contributed by atoms with van der Waals surface area (Å²) >= 11 is 0. The van der Waals surface area contributed by atoms with E-state index in [9.17, 15) is 4.79 Å². The van der Waals surface area contributed by atoms with Gasteiger partial charge in [0.05, 0.1) is 19.1 Å². The largest absolute Gasteiger partial charge is 0.465 e. The van der Waals surface area contributed by atoms with Gasteiger partial charge in [-0.25, -0.2) is 9.78 Å². The predicted octanol–water partition coefficient (Wildman–Crippen LogP) is 0.500. The summed E-state index contributed by atoms with van der Waals surface area (Å²) in [6, 6.07) is 1.75. The van der Waals surface area contributed by atoms with Gasteiger partial charge in [-0.05, 0) is 6.08 Å². The maximum absolute atomic E-state index is 11.0. The number of rotatable bonds is 2. The van der Waals surface area contributed by atoms with Crippen molar-refractivity contribution >= 4 is 12.0 Å². The van der Waals surface area contributed by atoms with Crippen molar-refractivity contribution in [3.63, 3.8) is 0 Å². The zero-order valence-electron chi connectivity index (χ0n) is 7.89. The summed E-state index contributed by atoms with van der Waals surface area (Å²) in [5, 5.41) is 8.64. The number of aryl methyl sites for hydroxylation is 1. The molecule has 0 aliphatic heterocycles. The Kier molecular flexibility index (Phi) is 3.02. The highest BCUT2D eigenvalue weighted by Crippen LogP contribution is 2.04. The molecule has 0 saturated carbocycles. The molecule has 0 amide bonds. The number of esters is 1. The molecule has 1 aromatic rings. The van der Waals surface area contributed by atoms with E-state index in [0.29, 0.717) is 5.69 Å². The highest BCUT2D eigenvalue weighted by Gasteiger charge is 2.08. The summed E-state index contributed by atoms with van der Waals surface area (Å²) in [5.41, 5.74) is 0.487. The molecule has 0 N–H and O–H groups in total. The van der Waals surface area contributed by atoms with Crippen molar-refractivity contribution in [2.45, 2.75) is 0 Å². The molecule has 0 aliphatic carbocycles. The predicted molar refractivity (Wildman–Crippen MR) is 48.8 cm³/mol. The van der Waals surface area contributed by atoms with Crippen LogP contribution < -0.4 is 0 Å². The smallest absolute Gasteiger partial charge is 0.348 e. The highest BCUT2D eigenvalue weighted by molar-refractivity contribution is 5.97. The fraction of sp³-hybridized carbons (Fsp3) is 0.222. The van der Waals surface area contributed by atoms with E-state index in [1.54, 1.807) is 30.2 Å². The molecule has 14 heavy (non-hydrogen) atoms. The molecular weight excluding hydrogens is 182 g/mol. The van der Waals surface area contributed by atoms with Crippen molar-refractivity contribution in [1.29, 1.82) is 5.26 Å². The van der Waals surface area contributed by atoms with Crippen molar-refractivity contribution < 1.29 is 9.53 Å². The molecule has 0 saturated heterocycles. The van der Waals surface area contributed by atoms with Crippen LogP contribution in [0.4, 0.5) is 0 Å². The number of aromatic nitrogens is 2. The van der Waals surface area contributed by atoms with Gasteiger partial charge < -0.3 is 9.30 Å². The molecule has 0 aromatic carbocycles. The summed E-state index contributed by atoms with van der Waals surface area (Å²) in [6.07, 6.45) is 4.66. The van der Waals surface area contributed by atoms with Gasteiger partial charge in [0.25, 0.3) is 0 Å². The monoisotopic (exact) mass is 191 g/mol. The van der Waals surface area contributed by atoms with Crippen LogP contribution in [0.15, 0.2) is 18.1 Å². The topological polar surface area (TPSA) is 67.9 Å². The van der Waals surface area contributed by atoms with Crippen LogP contribution >= 0.6 is 0 Å². The van der Waals surface area contributed by atoms with E-state index in [1.807, 2.05) is 0 Å². The minimum atomic E-state index is -0.654. The van der Waals surface area contributed by atoms with Crippen molar-refractivity contribution in [3.8, 4) is 6.07 Å². The van der Waals surface area contributed by atoms with Gasteiger partial charge in [0.1, 0.15) is 11.6 Å². The SMILES string of the molecule is COC(=O)/C(C#N)=C\c1cn(C)cn1. The molecule has 0 unspecified atom stereocenters. The molecule has 5 heteroatoms. The first-order valence-electron chi connectivity index (χ1n) is 3.85. The molecule has 0 aliphatic rings. The third-order valence-electron chi connectivity index (χ3n) is 1.54. The Morgan fingerprint density at radius 2 is 2.50 bits per heavy atom. The van der Waals surface area contributed by atoms with Gasteiger partial charge in [0.2, 0.25) is 0 Å².